The second-order valence-corrected chi connectivity index (χ2v) is 15.6. The highest BCUT2D eigenvalue weighted by atomic mass is 31.1. The van der Waals surface area contributed by atoms with Crippen molar-refractivity contribution in [2.75, 3.05) is 4.90 Å². The third kappa shape index (κ3) is 7.01. The summed E-state index contributed by atoms with van der Waals surface area (Å²) in [6.07, 6.45) is 3.73. The van der Waals surface area contributed by atoms with Crippen molar-refractivity contribution in [1.29, 1.82) is 0 Å². The van der Waals surface area contributed by atoms with Crippen molar-refractivity contribution in [1.82, 2.24) is 4.57 Å². The molecule has 60 heavy (non-hydrogen) atoms. The number of rotatable bonds is 9. The fourth-order valence-corrected chi connectivity index (χ4v) is 9.58. The maximum atomic E-state index is 15.6. The summed E-state index contributed by atoms with van der Waals surface area (Å²) >= 11 is 0. The molecule has 0 radical (unpaired) electrons. The van der Waals surface area contributed by atoms with E-state index in [1.54, 1.807) is 59.2 Å². The van der Waals surface area contributed by atoms with E-state index in [0.717, 1.165) is 22.5 Å². The fraction of sp³-hybridized carbons (Fsp3) is 0.0417. The van der Waals surface area contributed by atoms with Gasteiger partial charge < -0.3 is 23.5 Å². The molecule has 1 aromatic heterocycles. The van der Waals surface area contributed by atoms with E-state index in [2.05, 4.69) is 0 Å². The lowest BCUT2D eigenvalue weighted by atomic mass is 10.0. The molecule has 5 nitrogen and oxygen atoms in total. The number of para-hydroxylation sites is 3. The van der Waals surface area contributed by atoms with Crippen LogP contribution in [0.5, 0.6) is 17.2 Å². The van der Waals surface area contributed by atoms with Crippen LogP contribution in [-0.2, 0) is 0 Å². The fourth-order valence-electron chi connectivity index (χ4n) is 7.55. The first-order valence-corrected chi connectivity index (χ1v) is 20.0. The lowest BCUT2D eigenvalue weighted by Crippen LogP contribution is -2.23. The van der Waals surface area contributed by atoms with Crippen LogP contribution in [0.25, 0.3) is 38.6 Å². The molecule has 298 valence electrons. The average Bonchev–Trinajstić information content (AvgIpc) is 3.45. The van der Waals surface area contributed by atoms with Gasteiger partial charge in [-0.3, -0.25) is 0 Å². The minimum absolute atomic E-state index is 0.00747. The molecule has 2 unspecified atom stereocenters. The summed E-state index contributed by atoms with van der Waals surface area (Å²) in [7, 11) is -2.16. The van der Waals surface area contributed by atoms with Crippen molar-refractivity contribution in [2.45, 2.75) is 6.92 Å². The second-order valence-electron chi connectivity index (χ2n) is 13.9. The van der Waals surface area contributed by atoms with Gasteiger partial charge in [-0.05, 0) is 78.2 Å². The van der Waals surface area contributed by atoms with Crippen LogP contribution in [0.4, 0.5) is 43.4 Å². The molecule has 0 spiro atoms. The van der Waals surface area contributed by atoms with Crippen LogP contribution >= 0.6 is 8.15 Å². The van der Waals surface area contributed by atoms with E-state index in [0.29, 0.717) is 33.3 Å². The van der Waals surface area contributed by atoms with Crippen LogP contribution in [-0.4, -0.2) is 4.57 Å². The molecule has 12 heteroatoms. The van der Waals surface area contributed by atoms with Gasteiger partial charge in [0.2, 0.25) is 0 Å². The van der Waals surface area contributed by atoms with Crippen molar-refractivity contribution in [3.63, 3.8) is 0 Å². The molecule has 2 aliphatic rings. The molecule has 2 atom stereocenters. The summed E-state index contributed by atoms with van der Waals surface area (Å²) < 4.78 is 107. The molecule has 2 heterocycles. The standard InChI is InChI=1S/C48H31F6N2O3P/c1-29-13-12-18-32(24-23-29)56-37-26-25-33(55(30-14-4-2-5-15-30)31-16-6-3-7-17-31)27-36(37)42-43(56)39(57-47(53)45(49)50)28-41(44(42)58-48(54)46(51)52)60-40-22-11-9-20-35(40)34-19-8-10-21-38(34)59-60/h2-29H,1H3. The van der Waals surface area contributed by atoms with E-state index in [-0.39, 0.29) is 22.1 Å². The van der Waals surface area contributed by atoms with Crippen molar-refractivity contribution >= 4 is 63.3 Å². The Morgan fingerprint density at radius 2 is 1.28 bits per heavy atom. The minimum Gasteiger partial charge on any atom is -0.464 e. The number of hydrogen-bond donors (Lipinski definition) is 0. The van der Waals surface area contributed by atoms with E-state index in [1.807, 2.05) is 115 Å². The Morgan fingerprint density at radius 3 is 1.98 bits per heavy atom. The summed E-state index contributed by atoms with van der Waals surface area (Å²) in [4.78, 5) is 1.96. The highest BCUT2D eigenvalue weighted by molar-refractivity contribution is 7.69. The van der Waals surface area contributed by atoms with E-state index in [4.69, 9.17) is 14.0 Å². The van der Waals surface area contributed by atoms with Crippen LogP contribution in [0.2, 0.25) is 0 Å². The summed E-state index contributed by atoms with van der Waals surface area (Å²) in [6, 6.07) is 35.5. The predicted molar refractivity (Wildman–Crippen MR) is 226 cm³/mol. The van der Waals surface area contributed by atoms with Gasteiger partial charge in [-0.1, -0.05) is 104 Å². The average molecular weight is 829 g/mol. The molecule has 1 aliphatic heterocycles. The third-order valence-electron chi connectivity index (χ3n) is 10.1. The van der Waals surface area contributed by atoms with Crippen molar-refractivity contribution < 1.29 is 40.3 Å². The van der Waals surface area contributed by atoms with Gasteiger partial charge in [0.1, 0.15) is 11.3 Å². The van der Waals surface area contributed by atoms with Gasteiger partial charge in [0.15, 0.2) is 19.6 Å². The first-order valence-electron chi connectivity index (χ1n) is 18.7. The molecule has 6 aromatic carbocycles. The molecule has 0 fully saturated rings. The van der Waals surface area contributed by atoms with Crippen LogP contribution in [0.1, 0.15) is 6.92 Å². The first kappa shape index (κ1) is 38.5. The van der Waals surface area contributed by atoms with Gasteiger partial charge in [-0.15, -0.1) is 0 Å². The third-order valence-corrected chi connectivity index (χ3v) is 12.1. The summed E-state index contributed by atoms with van der Waals surface area (Å²) in [5.74, 6) is -0.416. The smallest absolute Gasteiger partial charge is 0.344 e. The Balaban J connectivity index is 1.44. The minimum atomic E-state index is -2.73. The number of allylic oxidation sites excluding steroid dienone is 6. The van der Waals surface area contributed by atoms with Crippen molar-refractivity contribution in [3.05, 3.63) is 188 Å². The van der Waals surface area contributed by atoms with Crippen LogP contribution in [0, 0.1) is 5.92 Å². The van der Waals surface area contributed by atoms with Gasteiger partial charge >= 0.3 is 24.2 Å². The number of ether oxygens (including phenoxy) is 2. The molecule has 0 N–H and O–H groups in total. The highest BCUT2D eigenvalue weighted by Gasteiger charge is 2.35. The topological polar surface area (TPSA) is 35.9 Å². The highest BCUT2D eigenvalue weighted by Crippen LogP contribution is 2.54. The number of aromatic nitrogens is 1. The molecule has 0 bridgehead atoms. The molecule has 0 amide bonds. The van der Waals surface area contributed by atoms with Gasteiger partial charge in [0.25, 0.3) is 0 Å². The number of hydrogen-bond acceptors (Lipinski definition) is 4. The SMILES string of the molecule is CC1C=CC=C(n2c3ccc(N(c4ccccc4)c4ccccc4)cc3c3c(OC(F)=C(F)F)c(P4Oc5ccccc5-c5ccccc54)cc(OC(F)=C(F)F)c32)C=C1. The molecular formula is C48H31F6N2O3P. The first-order chi connectivity index (χ1) is 29.2. The Hall–Kier alpha value is -6.97. The lowest BCUT2D eigenvalue weighted by molar-refractivity contribution is 0.240. The Kier molecular flexibility index (Phi) is 10.3. The molecule has 1 aliphatic carbocycles. The van der Waals surface area contributed by atoms with E-state index < -0.39 is 43.8 Å². The van der Waals surface area contributed by atoms with Crippen molar-refractivity contribution in [3.8, 4) is 28.4 Å². The summed E-state index contributed by atoms with van der Waals surface area (Å²) in [5, 5.41) is 0.831. The van der Waals surface area contributed by atoms with Gasteiger partial charge in [0.05, 0.1) is 16.2 Å². The Labute approximate surface area is 341 Å². The number of halogens is 6. The quantitative estimate of drug-likeness (QED) is 0.0825. The van der Waals surface area contributed by atoms with Crippen LogP contribution in [0.3, 0.4) is 0 Å². The van der Waals surface area contributed by atoms with Crippen LogP contribution in [0.15, 0.2) is 188 Å². The zero-order chi connectivity index (χ0) is 41.5. The summed E-state index contributed by atoms with van der Waals surface area (Å²) in [6.45, 7) is 1.96. The maximum Gasteiger partial charge on any atom is 0.344 e. The molecule has 0 saturated heterocycles. The zero-order valence-electron chi connectivity index (χ0n) is 31.5. The van der Waals surface area contributed by atoms with Gasteiger partial charge in [0, 0.05) is 39.0 Å². The number of benzene rings is 6. The molecule has 9 rings (SSSR count). The monoisotopic (exact) mass is 828 g/mol. The largest absolute Gasteiger partial charge is 0.464 e. The van der Waals surface area contributed by atoms with Crippen LogP contribution < -0.4 is 29.5 Å². The van der Waals surface area contributed by atoms with E-state index in [9.17, 15) is 17.6 Å². The molecule has 0 saturated carbocycles. The normalized spacial score (nSPS) is 15.3. The summed E-state index contributed by atoms with van der Waals surface area (Å²) in [5.41, 5.74) is 4.43. The van der Waals surface area contributed by atoms with E-state index in [1.165, 1.54) is 6.07 Å². The van der Waals surface area contributed by atoms with Gasteiger partial charge in [-0.25, -0.2) is 0 Å². The van der Waals surface area contributed by atoms with Gasteiger partial charge in [-0.2, -0.15) is 26.3 Å². The Bertz CT molecular complexity index is 2910. The lowest BCUT2D eigenvalue weighted by Gasteiger charge is -2.29. The molecular weight excluding hydrogens is 798 g/mol. The number of anilines is 3. The Morgan fingerprint density at radius 1 is 0.650 bits per heavy atom. The predicted octanol–water partition coefficient (Wildman–Crippen LogP) is 14.1. The molecule has 7 aromatic rings. The number of fused-ring (bicyclic) bond motifs is 6. The number of nitrogens with zero attached hydrogens (tertiary/aromatic N) is 2. The maximum absolute atomic E-state index is 15.6. The zero-order valence-corrected chi connectivity index (χ0v) is 32.4. The second kappa shape index (κ2) is 16.0. The van der Waals surface area contributed by atoms with E-state index >= 15 is 8.78 Å². The van der Waals surface area contributed by atoms with Crippen molar-refractivity contribution in [2.24, 2.45) is 5.92 Å².